The van der Waals surface area contributed by atoms with Gasteiger partial charge in [0.1, 0.15) is 5.82 Å². The third kappa shape index (κ3) is 5.61. The average molecular weight is 331 g/mol. The molecule has 22 heavy (non-hydrogen) atoms. The van der Waals surface area contributed by atoms with Gasteiger partial charge in [0, 0.05) is 12.0 Å². The summed E-state index contributed by atoms with van der Waals surface area (Å²) in [4.78, 5) is 23.2. The van der Waals surface area contributed by atoms with Crippen molar-refractivity contribution in [3.05, 3.63) is 34.6 Å². The molecule has 5 nitrogen and oxygen atoms in total. The Bertz CT molecular complexity index is 558. The second-order valence-corrected chi connectivity index (χ2v) is 6.33. The third-order valence-corrected chi connectivity index (χ3v) is 3.22. The number of rotatable bonds is 5. The Balaban J connectivity index is 2.43. The fraction of sp³-hybridized carbons (Fsp3) is 0.467. The van der Waals surface area contributed by atoms with E-state index >= 15 is 0 Å². The molecule has 1 rings (SSSR count). The molecule has 2 amide bonds. The standard InChI is InChI=1S/C15H20ClFN2O3/c1-15(2,3)14(22)19-8-13(21)18-7-12(20)9-4-5-10(16)11(17)6-9/h4-6,12,20H,7-8H2,1-3H3,(H,18,21)(H,19,22). The van der Waals surface area contributed by atoms with E-state index in [1.54, 1.807) is 20.8 Å². The van der Waals surface area contributed by atoms with Gasteiger partial charge in [0.15, 0.2) is 0 Å². The predicted octanol–water partition coefficient (Wildman–Crippen LogP) is 1.79. The quantitative estimate of drug-likeness (QED) is 0.770. The van der Waals surface area contributed by atoms with Crippen molar-refractivity contribution in [3.8, 4) is 0 Å². The van der Waals surface area contributed by atoms with Crippen molar-refractivity contribution in [1.82, 2.24) is 10.6 Å². The summed E-state index contributed by atoms with van der Waals surface area (Å²) in [6, 6.07) is 3.92. The number of carbonyl (C=O) groups excluding carboxylic acids is 2. The van der Waals surface area contributed by atoms with Gasteiger partial charge in [-0.3, -0.25) is 9.59 Å². The van der Waals surface area contributed by atoms with E-state index in [2.05, 4.69) is 10.6 Å². The highest BCUT2D eigenvalue weighted by atomic mass is 35.5. The molecule has 0 saturated heterocycles. The molecule has 122 valence electrons. The molecule has 0 aromatic heterocycles. The van der Waals surface area contributed by atoms with Crippen LogP contribution < -0.4 is 10.6 Å². The third-order valence-electron chi connectivity index (χ3n) is 2.91. The zero-order chi connectivity index (χ0) is 16.9. The van der Waals surface area contributed by atoms with Gasteiger partial charge < -0.3 is 15.7 Å². The van der Waals surface area contributed by atoms with Crippen molar-refractivity contribution in [3.63, 3.8) is 0 Å². The maximum atomic E-state index is 13.3. The van der Waals surface area contributed by atoms with E-state index in [4.69, 9.17) is 11.6 Å². The summed E-state index contributed by atoms with van der Waals surface area (Å²) >= 11 is 5.55. The number of nitrogens with one attached hydrogen (secondary N) is 2. The first-order valence-electron chi connectivity index (χ1n) is 6.79. The highest BCUT2D eigenvalue weighted by Crippen LogP contribution is 2.19. The number of hydrogen-bond donors (Lipinski definition) is 3. The van der Waals surface area contributed by atoms with Crippen LogP contribution in [0, 0.1) is 11.2 Å². The number of aliphatic hydroxyl groups excluding tert-OH is 1. The van der Waals surface area contributed by atoms with Crippen LogP contribution in [0.3, 0.4) is 0 Å². The molecule has 0 spiro atoms. The first kappa shape index (κ1) is 18.4. The van der Waals surface area contributed by atoms with E-state index in [1.165, 1.54) is 12.1 Å². The van der Waals surface area contributed by atoms with Crippen LogP contribution in [0.4, 0.5) is 4.39 Å². The highest BCUT2D eigenvalue weighted by molar-refractivity contribution is 6.30. The molecule has 0 fully saturated rings. The van der Waals surface area contributed by atoms with E-state index in [-0.39, 0.29) is 24.0 Å². The number of benzene rings is 1. The molecule has 3 N–H and O–H groups in total. The van der Waals surface area contributed by atoms with Crippen LogP contribution in [0.1, 0.15) is 32.4 Å². The molecule has 0 aliphatic carbocycles. The van der Waals surface area contributed by atoms with Gasteiger partial charge in [-0.25, -0.2) is 4.39 Å². The Morgan fingerprint density at radius 2 is 1.95 bits per heavy atom. The molecule has 1 aromatic rings. The van der Waals surface area contributed by atoms with Gasteiger partial charge >= 0.3 is 0 Å². The Hall–Kier alpha value is -1.66. The summed E-state index contributed by atoms with van der Waals surface area (Å²) in [5.41, 5.74) is -0.276. The van der Waals surface area contributed by atoms with E-state index in [0.29, 0.717) is 5.56 Å². The molecule has 0 bridgehead atoms. The van der Waals surface area contributed by atoms with Gasteiger partial charge in [0.25, 0.3) is 0 Å². The number of amides is 2. The van der Waals surface area contributed by atoms with E-state index in [1.807, 2.05) is 0 Å². The number of aliphatic hydroxyl groups is 1. The van der Waals surface area contributed by atoms with Crippen molar-refractivity contribution in [1.29, 1.82) is 0 Å². The predicted molar refractivity (Wildman–Crippen MR) is 81.8 cm³/mol. The van der Waals surface area contributed by atoms with E-state index in [0.717, 1.165) is 6.07 Å². The maximum Gasteiger partial charge on any atom is 0.239 e. The lowest BCUT2D eigenvalue weighted by Crippen LogP contribution is -2.42. The normalized spacial score (nSPS) is 12.6. The van der Waals surface area contributed by atoms with Crippen molar-refractivity contribution in [2.24, 2.45) is 5.41 Å². The van der Waals surface area contributed by atoms with Crippen LogP contribution in [-0.2, 0) is 9.59 Å². The fourth-order valence-electron chi connectivity index (χ4n) is 1.54. The summed E-state index contributed by atoms with van der Waals surface area (Å²) in [5, 5.41) is 14.8. The van der Waals surface area contributed by atoms with Crippen LogP contribution in [0.25, 0.3) is 0 Å². The van der Waals surface area contributed by atoms with Crippen LogP contribution in [0.2, 0.25) is 5.02 Å². The van der Waals surface area contributed by atoms with Crippen molar-refractivity contribution < 1.29 is 19.1 Å². The fourth-order valence-corrected chi connectivity index (χ4v) is 1.65. The minimum Gasteiger partial charge on any atom is -0.387 e. The Morgan fingerprint density at radius 3 is 2.50 bits per heavy atom. The van der Waals surface area contributed by atoms with E-state index in [9.17, 15) is 19.1 Å². The maximum absolute atomic E-state index is 13.3. The lowest BCUT2D eigenvalue weighted by atomic mass is 9.96. The van der Waals surface area contributed by atoms with Crippen LogP contribution in [0.15, 0.2) is 18.2 Å². The lowest BCUT2D eigenvalue weighted by Gasteiger charge is -2.18. The molecule has 1 atom stereocenters. The van der Waals surface area contributed by atoms with Gasteiger partial charge in [0.2, 0.25) is 11.8 Å². The molecule has 0 aliphatic rings. The van der Waals surface area contributed by atoms with Gasteiger partial charge in [0.05, 0.1) is 17.7 Å². The lowest BCUT2D eigenvalue weighted by molar-refractivity contribution is -0.131. The van der Waals surface area contributed by atoms with Gasteiger partial charge in [-0.15, -0.1) is 0 Å². The van der Waals surface area contributed by atoms with Gasteiger partial charge in [-0.05, 0) is 17.7 Å². The number of carbonyl (C=O) groups is 2. The van der Waals surface area contributed by atoms with Gasteiger partial charge in [-0.2, -0.15) is 0 Å². The second-order valence-electron chi connectivity index (χ2n) is 5.93. The average Bonchev–Trinajstić information content (AvgIpc) is 2.43. The smallest absolute Gasteiger partial charge is 0.239 e. The second kappa shape index (κ2) is 7.56. The van der Waals surface area contributed by atoms with Crippen LogP contribution in [-0.4, -0.2) is 30.0 Å². The minimum absolute atomic E-state index is 0.0371. The molecule has 7 heteroatoms. The molecular weight excluding hydrogens is 311 g/mol. The van der Waals surface area contributed by atoms with Gasteiger partial charge in [-0.1, -0.05) is 38.4 Å². The molecule has 0 saturated carbocycles. The van der Waals surface area contributed by atoms with Crippen molar-refractivity contribution in [2.45, 2.75) is 26.9 Å². The Labute approximate surface area is 133 Å². The Kier molecular flexibility index (Phi) is 6.32. The van der Waals surface area contributed by atoms with Crippen LogP contribution in [0.5, 0.6) is 0 Å². The molecule has 1 aromatic carbocycles. The zero-order valence-electron chi connectivity index (χ0n) is 12.7. The molecule has 0 radical (unpaired) electrons. The first-order valence-corrected chi connectivity index (χ1v) is 7.17. The topological polar surface area (TPSA) is 78.4 Å². The summed E-state index contributed by atoms with van der Waals surface area (Å²) in [7, 11) is 0. The monoisotopic (exact) mass is 330 g/mol. The molecule has 0 heterocycles. The number of halogens is 2. The van der Waals surface area contributed by atoms with Crippen molar-refractivity contribution in [2.75, 3.05) is 13.1 Å². The summed E-state index contributed by atoms with van der Waals surface area (Å²) in [6.07, 6.45) is -1.06. The zero-order valence-corrected chi connectivity index (χ0v) is 13.5. The SMILES string of the molecule is CC(C)(C)C(=O)NCC(=O)NCC(O)c1ccc(Cl)c(F)c1. The highest BCUT2D eigenvalue weighted by Gasteiger charge is 2.21. The van der Waals surface area contributed by atoms with Crippen LogP contribution >= 0.6 is 11.6 Å². The largest absolute Gasteiger partial charge is 0.387 e. The molecule has 1 unspecified atom stereocenters. The Morgan fingerprint density at radius 1 is 1.32 bits per heavy atom. The summed E-state index contributed by atoms with van der Waals surface area (Å²) in [5.74, 6) is -1.32. The minimum atomic E-state index is -1.06. The molecular formula is C15H20ClFN2O3. The molecule has 0 aliphatic heterocycles. The summed E-state index contributed by atoms with van der Waals surface area (Å²) in [6.45, 7) is 4.93. The summed E-state index contributed by atoms with van der Waals surface area (Å²) < 4.78 is 13.3. The number of hydrogen-bond acceptors (Lipinski definition) is 3. The first-order chi connectivity index (χ1) is 10.1. The van der Waals surface area contributed by atoms with Crippen molar-refractivity contribution >= 4 is 23.4 Å². The van der Waals surface area contributed by atoms with E-state index < -0.39 is 23.2 Å².